The quantitative estimate of drug-likeness (QED) is 0.183. The summed E-state index contributed by atoms with van der Waals surface area (Å²) in [5.74, 6) is 0.0332. The maximum atomic E-state index is 15.4. The Morgan fingerprint density at radius 1 is 0.894 bits per heavy atom. The molecule has 2 atom stereocenters. The Balaban J connectivity index is 1.34. The number of benzene rings is 3. The molecule has 1 aliphatic heterocycles. The van der Waals surface area contributed by atoms with E-state index < -0.39 is 23.8 Å². The van der Waals surface area contributed by atoms with E-state index in [-0.39, 0.29) is 37.7 Å². The second kappa shape index (κ2) is 13.3. The van der Waals surface area contributed by atoms with Crippen LogP contribution < -0.4 is 15.2 Å². The van der Waals surface area contributed by atoms with E-state index in [1.807, 2.05) is 99.6 Å². The molecule has 1 aliphatic rings. The Hall–Kier alpha value is -5.12. The third-order valence-corrected chi connectivity index (χ3v) is 8.19. The molecule has 3 heterocycles. The van der Waals surface area contributed by atoms with Gasteiger partial charge in [-0.25, -0.2) is 14.0 Å². The van der Waals surface area contributed by atoms with Crippen molar-refractivity contribution in [1.29, 1.82) is 0 Å². The number of piperidine rings is 1. The van der Waals surface area contributed by atoms with Crippen LogP contribution in [0.25, 0.3) is 16.7 Å². The van der Waals surface area contributed by atoms with Gasteiger partial charge in [0, 0.05) is 32.1 Å². The zero-order valence-corrected chi connectivity index (χ0v) is 27.1. The minimum Gasteiger partial charge on any atom is -0.473 e. The molecule has 1 fully saturated rings. The van der Waals surface area contributed by atoms with Crippen LogP contribution in [0.2, 0.25) is 0 Å². The summed E-state index contributed by atoms with van der Waals surface area (Å²) in [6.45, 7) is 6.45. The summed E-state index contributed by atoms with van der Waals surface area (Å²) >= 11 is 0. The minimum absolute atomic E-state index is 0.183. The van der Waals surface area contributed by atoms with Crippen LogP contribution in [0.15, 0.2) is 95.8 Å². The van der Waals surface area contributed by atoms with Gasteiger partial charge >= 0.3 is 11.8 Å². The molecule has 0 bridgehead atoms. The van der Waals surface area contributed by atoms with Crippen molar-refractivity contribution in [2.24, 2.45) is 7.05 Å². The van der Waals surface area contributed by atoms with Crippen molar-refractivity contribution in [3.8, 4) is 17.4 Å². The van der Waals surface area contributed by atoms with Gasteiger partial charge < -0.3 is 19.1 Å². The van der Waals surface area contributed by atoms with E-state index in [4.69, 9.17) is 14.2 Å². The molecular weight excluding hydrogens is 599 g/mol. The fourth-order valence-corrected chi connectivity index (χ4v) is 5.78. The van der Waals surface area contributed by atoms with Gasteiger partial charge in [0.1, 0.15) is 30.7 Å². The van der Waals surface area contributed by atoms with Crippen molar-refractivity contribution in [1.82, 2.24) is 19.0 Å². The van der Waals surface area contributed by atoms with Crippen molar-refractivity contribution < 1.29 is 23.4 Å². The number of amides is 1. The van der Waals surface area contributed by atoms with Crippen molar-refractivity contribution in [3.05, 3.63) is 118 Å². The Morgan fingerprint density at radius 3 is 2.21 bits per heavy atom. The van der Waals surface area contributed by atoms with Crippen LogP contribution in [0, 0.1) is 0 Å². The summed E-state index contributed by atoms with van der Waals surface area (Å²) in [7, 11) is 1.68. The maximum absolute atomic E-state index is 15.4. The van der Waals surface area contributed by atoms with Crippen LogP contribution >= 0.6 is 0 Å². The summed E-state index contributed by atoms with van der Waals surface area (Å²) < 4.78 is 36.2. The molecule has 0 N–H and O–H groups in total. The molecule has 47 heavy (non-hydrogen) atoms. The average molecular weight is 639 g/mol. The predicted octanol–water partition coefficient (Wildman–Crippen LogP) is 6.94. The highest BCUT2D eigenvalue weighted by atomic mass is 19.1. The third-order valence-electron chi connectivity index (χ3n) is 8.19. The molecule has 244 valence electrons. The molecule has 0 spiro atoms. The zero-order chi connectivity index (χ0) is 33.1. The van der Waals surface area contributed by atoms with Gasteiger partial charge in [0.2, 0.25) is 11.8 Å². The monoisotopic (exact) mass is 638 g/mol. The van der Waals surface area contributed by atoms with E-state index >= 15 is 4.39 Å². The Bertz CT molecular complexity index is 1920. The molecule has 0 saturated carbocycles. The molecule has 6 rings (SSSR count). The van der Waals surface area contributed by atoms with Gasteiger partial charge in [-0.15, -0.1) is 0 Å². The number of carbonyl (C=O) groups excluding carboxylic acids is 1. The van der Waals surface area contributed by atoms with E-state index in [1.54, 1.807) is 28.6 Å². The molecule has 5 aromatic rings. The average Bonchev–Trinajstić information content (AvgIpc) is 3.31. The van der Waals surface area contributed by atoms with Crippen LogP contribution in [-0.4, -0.2) is 50.0 Å². The number of nitrogens with zero attached hydrogens (tertiary/aromatic N) is 4. The first-order valence-electron chi connectivity index (χ1n) is 15.8. The number of carbonyl (C=O) groups is 1. The highest BCUT2D eigenvalue weighted by Crippen LogP contribution is 2.34. The largest absolute Gasteiger partial charge is 0.473 e. The number of rotatable bonds is 8. The van der Waals surface area contributed by atoms with Gasteiger partial charge in [-0.3, -0.25) is 9.13 Å². The normalized spacial score (nSPS) is 16.7. The number of halogens is 1. The summed E-state index contributed by atoms with van der Waals surface area (Å²) in [5, 5.41) is 0. The lowest BCUT2D eigenvalue weighted by molar-refractivity contribution is 0.0135. The van der Waals surface area contributed by atoms with E-state index in [9.17, 15) is 9.59 Å². The first-order chi connectivity index (χ1) is 22.6. The molecule has 1 amide bonds. The number of imidazole rings is 1. The molecule has 10 heteroatoms. The first-order valence-corrected chi connectivity index (χ1v) is 15.8. The predicted molar refractivity (Wildman–Crippen MR) is 178 cm³/mol. The van der Waals surface area contributed by atoms with Gasteiger partial charge in [0.25, 0.3) is 0 Å². The van der Waals surface area contributed by atoms with Crippen molar-refractivity contribution in [2.75, 3.05) is 13.1 Å². The Morgan fingerprint density at radius 2 is 1.55 bits per heavy atom. The van der Waals surface area contributed by atoms with Crippen LogP contribution in [0.3, 0.4) is 0 Å². The van der Waals surface area contributed by atoms with Gasteiger partial charge in [0.05, 0.1) is 11.0 Å². The highest BCUT2D eigenvalue weighted by Gasteiger charge is 2.35. The SMILES string of the molecule is Cn1c(=O)n(-c2ccc(OCc3ccccc3)nc2OCc2ccccc2)c2ccc([C@H]3CN(C(=O)OC(C)(C)C)CC[C@@H]3F)cc21. The molecule has 1 saturated heterocycles. The number of ether oxygens (including phenoxy) is 3. The maximum Gasteiger partial charge on any atom is 0.410 e. The van der Waals surface area contributed by atoms with Crippen LogP contribution in [-0.2, 0) is 25.0 Å². The van der Waals surface area contributed by atoms with E-state index in [0.29, 0.717) is 34.8 Å². The van der Waals surface area contributed by atoms with E-state index in [0.717, 1.165) is 11.1 Å². The molecule has 2 aromatic heterocycles. The number of aromatic nitrogens is 3. The van der Waals surface area contributed by atoms with Gasteiger partial charge in [-0.2, -0.15) is 4.98 Å². The lowest BCUT2D eigenvalue weighted by Gasteiger charge is -2.36. The molecule has 0 unspecified atom stereocenters. The number of fused-ring (bicyclic) bond motifs is 1. The van der Waals surface area contributed by atoms with E-state index in [1.165, 1.54) is 4.57 Å². The zero-order valence-electron chi connectivity index (χ0n) is 27.1. The summed E-state index contributed by atoms with van der Waals surface area (Å²) in [4.78, 5) is 32.8. The number of alkyl halides is 1. The van der Waals surface area contributed by atoms with Crippen LogP contribution in [0.1, 0.15) is 49.8 Å². The first kappa shape index (κ1) is 31.8. The summed E-state index contributed by atoms with van der Waals surface area (Å²) in [6.07, 6.45) is -1.40. The lowest BCUT2D eigenvalue weighted by atomic mass is 9.89. The van der Waals surface area contributed by atoms with Gasteiger partial charge in [-0.1, -0.05) is 66.7 Å². The molecule has 9 nitrogen and oxygen atoms in total. The summed E-state index contributed by atoms with van der Waals surface area (Å²) in [6, 6.07) is 28.4. The second-order valence-electron chi connectivity index (χ2n) is 12.8. The number of hydrogen-bond acceptors (Lipinski definition) is 6. The van der Waals surface area contributed by atoms with Crippen molar-refractivity contribution >= 4 is 17.1 Å². The fourth-order valence-electron chi connectivity index (χ4n) is 5.78. The standard InChI is InChI=1S/C37H39FN4O5/c1-37(2,3)47-36(44)41-20-19-29(38)28(22-41)27-15-16-30-32(21-27)40(4)35(43)42(30)31-17-18-33(45-23-25-11-7-5-8-12-25)39-34(31)46-24-26-13-9-6-10-14-26/h5-18,21,28-29H,19-20,22-24H2,1-4H3/t28-,29+/m1/s1. The number of hydrogen-bond donors (Lipinski definition) is 0. The minimum atomic E-state index is -1.14. The molecular formula is C37H39FN4O5. The van der Waals surface area contributed by atoms with E-state index in [2.05, 4.69) is 4.98 Å². The Labute approximate surface area is 273 Å². The molecule has 3 aromatic carbocycles. The van der Waals surface area contributed by atoms with Crippen LogP contribution in [0.4, 0.5) is 9.18 Å². The molecule has 0 radical (unpaired) electrons. The smallest absolute Gasteiger partial charge is 0.410 e. The molecule has 0 aliphatic carbocycles. The van der Waals surface area contributed by atoms with Gasteiger partial charge in [0.15, 0.2) is 0 Å². The Kier molecular flexibility index (Phi) is 9.02. The van der Waals surface area contributed by atoms with Gasteiger partial charge in [-0.05, 0) is 62.1 Å². The third kappa shape index (κ3) is 7.16. The number of aryl methyl sites for hydroxylation is 1. The second-order valence-corrected chi connectivity index (χ2v) is 12.8. The fraction of sp³-hybridized carbons (Fsp3) is 0.324. The lowest BCUT2D eigenvalue weighted by Crippen LogP contribution is -2.45. The summed E-state index contributed by atoms with van der Waals surface area (Å²) in [5.41, 5.74) is 3.37. The number of likely N-dealkylation sites (tertiary alicyclic amines) is 1. The topological polar surface area (TPSA) is 87.8 Å². The number of pyridine rings is 1. The van der Waals surface area contributed by atoms with Crippen molar-refractivity contribution in [2.45, 2.75) is 58.1 Å². The van der Waals surface area contributed by atoms with Crippen LogP contribution in [0.5, 0.6) is 11.8 Å². The van der Waals surface area contributed by atoms with Crippen molar-refractivity contribution in [3.63, 3.8) is 0 Å². The highest BCUT2D eigenvalue weighted by molar-refractivity contribution is 5.80.